The molecule has 0 fully saturated rings. The summed E-state index contributed by atoms with van der Waals surface area (Å²) in [5.74, 6) is 0. The monoisotopic (exact) mass is 448 g/mol. The molecule has 1 aliphatic heterocycles. The van der Waals surface area contributed by atoms with Crippen molar-refractivity contribution < 1.29 is 0 Å². The third kappa shape index (κ3) is 3.04. The zero-order valence-corrected chi connectivity index (χ0v) is 18.8. The highest BCUT2D eigenvalue weighted by Crippen LogP contribution is 2.43. The van der Waals surface area contributed by atoms with Crippen molar-refractivity contribution in [3.05, 3.63) is 75.4 Å². The molecule has 2 aromatic carbocycles. The summed E-state index contributed by atoms with van der Waals surface area (Å²) in [7, 11) is 0. The van der Waals surface area contributed by atoms with E-state index in [1.165, 1.54) is 36.1 Å². The number of fused-ring (bicyclic) bond motifs is 1. The van der Waals surface area contributed by atoms with Gasteiger partial charge in [-0.25, -0.2) is 4.98 Å². The minimum absolute atomic E-state index is 0.390. The van der Waals surface area contributed by atoms with E-state index in [0.29, 0.717) is 16.1 Å². The van der Waals surface area contributed by atoms with Gasteiger partial charge in [-0.1, -0.05) is 47.5 Å². The lowest BCUT2D eigenvalue weighted by Crippen LogP contribution is -2.37. The summed E-state index contributed by atoms with van der Waals surface area (Å²) in [6.07, 6.45) is 3.56. The lowest BCUT2D eigenvalue weighted by Gasteiger charge is -2.40. The largest absolute Gasteiger partial charge is 0.361 e. The van der Waals surface area contributed by atoms with Gasteiger partial charge in [0, 0.05) is 22.8 Å². The summed E-state index contributed by atoms with van der Waals surface area (Å²) < 4.78 is 2.10. The maximum absolute atomic E-state index is 6.55. The van der Waals surface area contributed by atoms with Crippen LogP contribution in [0.5, 0.6) is 0 Å². The second-order valence-corrected chi connectivity index (χ2v) is 9.32. The Morgan fingerprint density at radius 2 is 1.90 bits per heavy atom. The fraction of sp³-hybridized carbons (Fsp3) is 0.280. The van der Waals surface area contributed by atoms with Crippen molar-refractivity contribution >= 4 is 39.9 Å². The van der Waals surface area contributed by atoms with Gasteiger partial charge >= 0.3 is 0 Å². The molecule has 156 valence electrons. The fourth-order valence-electron chi connectivity index (χ4n) is 5.23. The predicted molar refractivity (Wildman–Crippen MR) is 127 cm³/mol. The van der Waals surface area contributed by atoms with Crippen molar-refractivity contribution in [3.8, 4) is 11.3 Å². The van der Waals surface area contributed by atoms with Gasteiger partial charge in [0.1, 0.15) is 16.7 Å². The number of benzene rings is 2. The van der Waals surface area contributed by atoms with Crippen LogP contribution in [0.3, 0.4) is 0 Å². The smallest absolute Gasteiger partial charge is 0.120 e. The van der Waals surface area contributed by atoms with Gasteiger partial charge in [-0.15, -0.1) is 0 Å². The van der Waals surface area contributed by atoms with E-state index >= 15 is 0 Å². The summed E-state index contributed by atoms with van der Waals surface area (Å²) in [4.78, 5) is 7.47. The first-order chi connectivity index (χ1) is 15.1. The molecular formula is C25H22Cl2N4. The summed E-state index contributed by atoms with van der Waals surface area (Å²) in [5.41, 5.74) is 8.86. The Labute approximate surface area is 191 Å². The van der Waals surface area contributed by atoms with Crippen LogP contribution in [0.1, 0.15) is 35.7 Å². The first kappa shape index (κ1) is 19.1. The number of aromatic nitrogens is 3. The fourth-order valence-corrected chi connectivity index (χ4v) is 5.73. The van der Waals surface area contributed by atoms with E-state index in [2.05, 4.69) is 46.8 Å². The number of nitrogens with zero attached hydrogens (tertiary/aromatic N) is 4. The van der Waals surface area contributed by atoms with Crippen LogP contribution in [0.4, 0.5) is 5.69 Å². The molecule has 3 heterocycles. The van der Waals surface area contributed by atoms with Crippen molar-refractivity contribution in [1.82, 2.24) is 14.8 Å². The first-order valence-corrected chi connectivity index (χ1v) is 11.5. The van der Waals surface area contributed by atoms with Crippen LogP contribution in [0.25, 0.3) is 22.3 Å². The summed E-state index contributed by atoms with van der Waals surface area (Å²) in [6.45, 7) is 3.82. The summed E-state index contributed by atoms with van der Waals surface area (Å²) in [5, 5.41) is 6.16. The highest BCUT2D eigenvalue weighted by Gasteiger charge is 2.32. The molecule has 0 spiro atoms. The van der Waals surface area contributed by atoms with E-state index in [1.54, 1.807) is 6.07 Å². The minimum atomic E-state index is 0.390. The Hall–Kier alpha value is -2.56. The SMILES string of the molecule is Cc1cc2c3c(n1)c(-c1ccc(Cl)cc1Cl)nn3CCN2C1CCCc2ccccc21. The van der Waals surface area contributed by atoms with Crippen LogP contribution in [-0.2, 0) is 13.0 Å². The minimum Gasteiger partial charge on any atom is -0.361 e. The van der Waals surface area contributed by atoms with Crippen LogP contribution in [0, 0.1) is 6.92 Å². The molecule has 4 aromatic rings. The maximum atomic E-state index is 6.55. The third-order valence-electron chi connectivity index (χ3n) is 6.57. The molecular weight excluding hydrogens is 427 g/mol. The zero-order valence-electron chi connectivity index (χ0n) is 17.3. The highest BCUT2D eigenvalue weighted by atomic mass is 35.5. The number of halogens is 2. The van der Waals surface area contributed by atoms with E-state index in [-0.39, 0.29) is 0 Å². The van der Waals surface area contributed by atoms with Crippen LogP contribution in [-0.4, -0.2) is 21.3 Å². The van der Waals surface area contributed by atoms with Crippen LogP contribution in [0.15, 0.2) is 48.5 Å². The lowest BCUT2D eigenvalue weighted by atomic mass is 9.86. The second kappa shape index (κ2) is 7.25. The normalized spacial score (nSPS) is 17.8. The van der Waals surface area contributed by atoms with E-state index in [4.69, 9.17) is 33.3 Å². The number of hydrogen-bond donors (Lipinski definition) is 0. The van der Waals surface area contributed by atoms with E-state index in [0.717, 1.165) is 41.1 Å². The van der Waals surface area contributed by atoms with Gasteiger partial charge in [0.05, 0.1) is 23.3 Å². The van der Waals surface area contributed by atoms with Gasteiger partial charge in [0.15, 0.2) is 0 Å². The highest BCUT2D eigenvalue weighted by molar-refractivity contribution is 6.36. The van der Waals surface area contributed by atoms with E-state index in [1.807, 2.05) is 12.1 Å². The molecule has 6 rings (SSSR count). The Balaban J connectivity index is 1.54. The first-order valence-electron chi connectivity index (χ1n) is 10.8. The molecule has 4 nitrogen and oxygen atoms in total. The number of anilines is 1. The van der Waals surface area contributed by atoms with Crippen molar-refractivity contribution in [1.29, 1.82) is 0 Å². The van der Waals surface area contributed by atoms with Crippen molar-refractivity contribution in [3.63, 3.8) is 0 Å². The quantitative estimate of drug-likeness (QED) is 0.345. The number of pyridine rings is 1. The average molecular weight is 449 g/mol. The van der Waals surface area contributed by atoms with Gasteiger partial charge in [0.25, 0.3) is 0 Å². The number of rotatable bonds is 2. The molecule has 6 heteroatoms. The zero-order chi connectivity index (χ0) is 21.1. The van der Waals surface area contributed by atoms with Crippen molar-refractivity contribution in [2.24, 2.45) is 0 Å². The van der Waals surface area contributed by atoms with Crippen molar-refractivity contribution in [2.45, 2.75) is 38.8 Å². The topological polar surface area (TPSA) is 34.0 Å². The van der Waals surface area contributed by atoms with Gasteiger partial charge in [-0.3, -0.25) is 4.68 Å². The second-order valence-electron chi connectivity index (χ2n) is 8.48. The predicted octanol–water partition coefficient (Wildman–Crippen LogP) is 6.61. The van der Waals surface area contributed by atoms with E-state index in [9.17, 15) is 0 Å². The Bertz CT molecular complexity index is 1330. The molecule has 0 saturated heterocycles. The lowest BCUT2D eigenvalue weighted by molar-refractivity contribution is 0.486. The van der Waals surface area contributed by atoms with Gasteiger partial charge < -0.3 is 4.90 Å². The molecule has 0 radical (unpaired) electrons. The van der Waals surface area contributed by atoms with Crippen molar-refractivity contribution in [2.75, 3.05) is 11.4 Å². The average Bonchev–Trinajstić information content (AvgIpc) is 3.13. The molecule has 2 aromatic heterocycles. The molecule has 1 aliphatic carbocycles. The standard InChI is InChI=1S/C25H22Cl2N4/c1-15-13-22-25-24(28-15)23(19-10-9-17(26)14-20(19)27)29-31(25)12-11-30(22)21-8-4-6-16-5-2-3-7-18(16)21/h2-3,5,7,9-10,13-14,21H,4,6,8,11-12H2,1H3. The molecule has 1 atom stereocenters. The molecule has 2 aliphatic rings. The molecule has 0 saturated carbocycles. The molecule has 31 heavy (non-hydrogen) atoms. The van der Waals surface area contributed by atoms with Crippen LogP contribution < -0.4 is 4.90 Å². The van der Waals surface area contributed by atoms with Gasteiger partial charge in [-0.05, 0) is 61.6 Å². The third-order valence-corrected chi connectivity index (χ3v) is 7.11. The van der Waals surface area contributed by atoms with Crippen LogP contribution >= 0.6 is 23.2 Å². The molecule has 0 amide bonds. The number of aryl methyl sites for hydroxylation is 2. The maximum Gasteiger partial charge on any atom is 0.120 e. The Morgan fingerprint density at radius 1 is 1.03 bits per heavy atom. The summed E-state index contributed by atoms with van der Waals surface area (Å²) >= 11 is 12.7. The Kier molecular flexibility index (Phi) is 4.48. The molecule has 0 N–H and O–H groups in total. The Morgan fingerprint density at radius 3 is 2.77 bits per heavy atom. The number of hydrogen-bond acceptors (Lipinski definition) is 3. The molecule has 1 unspecified atom stereocenters. The van der Waals surface area contributed by atoms with Crippen LogP contribution in [0.2, 0.25) is 10.0 Å². The van der Waals surface area contributed by atoms with E-state index < -0.39 is 0 Å². The molecule has 0 bridgehead atoms. The summed E-state index contributed by atoms with van der Waals surface area (Å²) in [6, 6.07) is 17.1. The van der Waals surface area contributed by atoms with Gasteiger partial charge in [-0.2, -0.15) is 5.10 Å². The van der Waals surface area contributed by atoms with Gasteiger partial charge in [0.2, 0.25) is 0 Å².